The second kappa shape index (κ2) is 4.88. The van der Waals surface area contributed by atoms with Crippen LogP contribution in [0.4, 0.5) is 5.69 Å². The summed E-state index contributed by atoms with van der Waals surface area (Å²) in [5.74, 6) is 0. The Morgan fingerprint density at radius 2 is 2.10 bits per heavy atom. The Bertz CT molecular complexity index is 207. The lowest BCUT2D eigenvalue weighted by Gasteiger charge is -1.93. The minimum atomic E-state index is 0. The molecule has 1 aromatic carbocycles. The Hall–Kier alpha value is 0.140. The molecule has 0 bridgehead atoms. The Morgan fingerprint density at radius 3 is 2.50 bits per heavy atom. The van der Waals surface area contributed by atoms with Crippen LogP contribution in [-0.2, 0) is 0 Å². The molecule has 0 atom stereocenters. The van der Waals surface area contributed by atoms with E-state index in [9.17, 15) is 0 Å². The van der Waals surface area contributed by atoms with Crippen LogP contribution in [0.1, 0.15) is 0 Å². The first kappa shape index (κ1) is 10.1. The molecule has 0 aliphatic carbocycles. The molecule has 0 heterocycles. The van der Waals surface area contributed by atoms with Crippen LogP contribution < -0.4 is 5.73 Å². The number of hydrogen-bond donors (Lipinski definition) is 1. The molecule has 0 spiro atoms. The zero-order valence-corrected chi connectivity index (χ0v) is 8.30. The summed E-state index contributed by atoms with van der Waals surface area (Å²) in [6.07, 6.45) is 0. The van der Waals surface area contributed by atoms with Crippen LogP contribution in [0.5, 0.6) is 0 Å². The number of anilines is 1. The topological polar surface area (TPSA) is 26.0 Å². The van der Waals surface area contributed by atoms with Gasteiger partial charge in [0.2, 0.25) is 0 Å². The molecule has 0 radical (unpaired) electrons. The molecule has 10 heavy (non-hydrogen) atoms. The Morgan fingerprint density at radius 1 is 1.40 bits per heavy atom. The average Bonchev–Trinajstić information content (AvgIpc) is 1.88. The molecular formula is C6H7BrClNS. The van der Waals surface area contributed by atoms with Crippen molar-refractivity contribution in [2.24, 2.45) is 0 Å². The van der Waals surface area contributed by atoms with Gasteiger partial charge in [0.15, 0.2) is 0 Å². The highest BCUT2D eigenvalue weighted by Gasteiger charge is 1.88. The molecule has 0 unspecified atom stereocenters. The van der Waals surface area contributed by atoms with Crippen LogP contribution in [-0.4, -0.2) is 0 Å². The molecule has 0 aliphatic rings. The number of nitrogen functional groups attached to an aromatic ring is 1. The summed E-state index contributed by atoms with van der Waals surface area (Å²) in [6.45, 7) is 0. The van der Waals surface area contributed by atoms with Crippen LogP contribution in [0.15, 0.2) is 29.2 Å². The maximum Gasteiger partial charge on any atom is 0.0325 e. The molecule has 1 aromatic rings. The summed E-state index contributed by atoms with van der Waals surface area (Å²) >= 11 is 3.25. The second-order valence-corrected chi connectivity index (χ2v) is 3.25. The molecule has 1 nitrogen and oxygen atoms in total. The summed E-state index contributed by atoms with van der Waals surface area (Å²) in [5.41, 5.74) is 6.31. The molecule has 0 aromatic heterocycles. The lowest BCUT2D eigenvalue weighted by Crippen LogP contribution is -1.81. The van der Waals surface area contributed by atoms with Gasteiger partial charge in [0.25, 0.3) is 0 Å². The van der Waals surface area contributed by atoms with E-state index in [4.69, 9.17) is 5.73 Å². The fraction of sp³-hybridized carbons (Fsp3) is 0. The first-order valence-electron chi connectivity index (χ1n) is 2.47. The third-order valence-corrected chi connectivity index (χ3v) is 2.50. The van der Waals surface area contributed by atoms with Gasteiger partial charge in [-0.25, -0.2) is 0 Å². The van der Waals surface area contributed by atoms with Crippen molar-refractivity contribution in [2.45, 2.75) is 4.90 Å². The van der Waals surface area contributed by atoms with E-state index in [1.165, 1.54) is 10.2 Å². The molecule has 0 saturated carbocycles. The SMILES string of the molecule is Cl.Nc1cccc(SBr)c1. The van der Waals surface area contributed by atoms with E-state index >= 15 is 0 Å². The Kier molecular flexibility index (Phi) is 4.95. The van der Waals surface area contributed by atoms with Crippen molar-refractivity contribution in [1.82, 2.24) is 0 Å². The number of benzene rings is 1. The van der Waals surface area contributed by atoms with Crippen molar-refractivity contribution in [3.63, 3.8) is 0 Å². The van der Waals surface area contributed by atoms with Crippen molar-refractivity contribution < 1.29 is 0 Å². The molecule has 4 heteroatoms. The highest BCUT2D eigenvalue weighted by atomic mass is 79.9. The first-order valence-corrected chi connectivity index (χ1v) is 5.13. The predicted molar refractivity (Wildman–Crippen MR) is 52.9 cm³/mol. The quantitative estimate of drug-likeness (QED) is 0.764. The van der Waals surface area contributed by atoms with E-state index < -0.39 is 0 Å². The summed E-state index contributed by atoms with van der Waals surface area (Å²) in [6, 6.07) is 7.71. The van der Waals surface area contributed by atoms with Crippen molar-refractivity contribution >= 4 is 43.1 Å². The fourth-order valence-electron chi connectivity index (χ4n) is 0.563. The minimum absolute atomic E-state index is 0. The Balaban J connectivity index is 0.000000810. The lowest BCUT2D eigenvalue weighted by molar-refractivity contribution is 1.48. The van der Waals surface area contributed by atoms with Crippen molar-refractivity contribution in [2.75, 3.05) is 5.73 Å². The molecule has 0 aliphatic heterocycles. The molecule has 0 amide bonds. The summed E-state index contributed by atoms with van der Waals surface area (Å²) < 4.78 is 0. The summed E-state index contributed by atoms with van der Waals surface area (Å²) in [5, 5.41) is 0. The zero-order valence-electron chi connectivity index (χ0n) is 5.08. The number of halogens is 2. The van der Waals surface area contributed by atoms with Gasteiger partial charge in [-0.05, 0) is 43.2 Å². The van der Waals surface area contributed by atoms with Crippen LogP contribution in [0, 0.1) is 0 Å². The number of rotatable bonds is 1. The van der Waals surface area contributed by atoms with Crippen molar-refractivity contribution in [3.8, 4) is 0 Å². The zero-order chi connectivity index (χ0) is 6.69. The van der Waals surface area contributed by atoms with Crippen LogP contribution in [0.25, 0.3) is 0 Å². The normalized spacial score (nSPS) is 8.50. The van der Waals surface area contributed by atoms with Gasteiger partial charge in [0.05, 0.1) is 0 Å². The molecular weight excluding hydrogens is 233 g/mol. The summed E-state index contributed by atoms with van der Waals surface area (Å²) in [4.78, 5) is 1.13. The lowest BCUT2D eigenvalue weighted by atomic mass is 10.3. The van der Waals surface area contributed by atoms with Crippen molar-refractivity contribution in [3.05, 3.63) is 24.3 Å². The highest BCUT2D eigenvalue weighted by Crippen LogP contribution is 2.25. The van der Waals surface area contributed by atoms with Gasteiger partial charge in [-0.2, -0.15) is 0 Å². The van der Waals surface area contributed by atoms with Gasteiger partial charge in [-0.1, -0.05) is 6.07 Å². The molecule has 2 N–H and O–H groups in total. The third-order valence-electron chi connectivity index (χ3n) is 0.947. The minimum Gasteiger partial charge on any atom is -0.399 e. The molecule has 56 valence electrons. The largest absolute Gasteiger partial charge is 0.399 e. The fourth-order valence-corrected chi connectivity index (χ4v) is 1.48. The van der Waals surface area contributed by atoms with Crippen LogP contribution >= 0.6 is 37.4 Å². The Labute approximate surface area is 78.0 Å². The number of nitrogens with two attached hydrogens (primary N) is 1. The van der Waals surface area contributed by atoms with Gasteiger partial charge in [-0.3, -0.25) is 0 Å². The molecule has 0 saturated heterocycles. The maximum atomic E-state index is 5.50. The van der Waals surface area contributed by atoms with Gasteiger partial charge >= 0.3 is 0 Å². The smallest absolute Gasteiger partial charge is 0.0325 e. The third kappa shape index (κ3) is 2.82. The molecule has 0 fully saturated rings. The average molecular weight is 241 g/mol. The van der Waals surface area contributed by atoms with Crippen molar-refractivity contribution in [1.29, 1.82) is 0 Å². The summed E-state index contributed by atoms with van der Waals surface area (Å²) in [7, 11) is 1.52. The maximum absolute atomic E-state index is 5.50. The van der Waals surface area contributed by atoms with Gasteiger partial charge in [-0.15, -0.1) is 12.4 Å². The van der Waals surface area contributed by atoms with E-state index in [1.807, 2.05) is 24.3 Å². The highest BCUT2D eigenvalue weighted by molar-refractivity contribution is 9.50. The van der Waals surface area contributed by atoms with Gasteiger partial charge in [0.1, 0.15) is 0 Å². The van der Waals surface area contributed by atoms with Crippen LogP contribution in [0.3, 0.4) is 0 Å². The first-order chi connectivity index (χ1) is 4.33. The second-order valence-electron chi connectivity index (χ2n) is 1.65. The van der Waals surface area contributed by atoms with E-state index in [0.29, 0.717) is 0 Å². The van der Waals surface area contributed by atoms with E-state index in [1.54, 1.807) is 0 Å². The van der Waals surface area contributed by atoms with E-state index in [2.05, 4.69) is 14.8 Å². The van der Waals surface area contributed by atoms with Gasteiger partial charge < -0.3 is 5.73 Å². The molecule has 1 rings (SSSR count). The van der Waals surface area contributed by atoms with Crippen LogP contribution in [0.2, 0.25) is 0 Å². The van der Waals surface area contributed by atoms with E-state index in [0.717, 1.165) is 10.6 Å². The standard InChI is InChI=1S/C6H6BrNS.ClH/c7-9-6-3-1-2-5(8)4-6;/h1-4H,8H2;1H. The predicted octanol–water partition coefficient (Wildman–Crippen LogP) is 3.09. The van der Waals surface area contributed by atoms with E-state index in [-0.39, 0.29) is 12.4 Å². The number of hydrogen-bond acceptors (Lipinski definition) is 2. The van der Waals surface area contributed by atoms with Gasteiger partial charge in [0, 0.05) is 10.6 Å². The monoisotopic (exact) mass is 239 g/mol.